The molecular weight excluding hydrogens is 288 g/mol. The Balaban J connectivity index is 2.98. The number of amides is 1. The van der Waals surface area contributed by atoms with Crippen LogP contribution in [0, 0.1) is 0 Å². The van der Waals surface area contributed by atoms with Crippen LogP contribution in [0.5, 0.6) is 0 Å². The Bertz CT molecular complexity index is 252. The maximum atomic E-state index is 10.6. The molecular formula is C15H32N2O5. The van der Waals surface area contributed by atoms with Gasteiger partial charge in [-0.1, -0.05) is 13.8 Å². The number of hydrogen-bond donors (Lipinski definition) is 2. The summed E-state index contributed by atoms with van der Waals surface area (Å²) >= 11 is 0. The molecule has 0 aromatic heterocycles. The summed E-state index contributed by atoms with van der Waals surface area (Å²) < 4.78 is 21.4. The highest BCUT2D eigenvalue weighted by atomic mass is 16.6. The van der Waals surface area contributed by atoms with E-state index in [1.54, 1.807) is 0 Å². The van der Waals surface area contributed by atoms with E-state index in [1.807, 2.05) is 0 Å². The number of rotatable bonds is 16. The van der Waals surface area contributed by atoms with Gasteiger partial charge in [-0.3, -0.25) is 4.79 Å². The van der Waals surface area contributed by atoms with Gasteiger partial charge in [0.25, 0.3) is 0 Å². The van der Waals surface area contributed by atoms with Crippen LogP contribution in [0.2, 0.25) is 0 Å². The molecule has 7 heteroatoms. The lowest BCUT2D eigenvalue weighted by atomic mass is 10.4. The molecule has 0 unspecified atom stereocenters. The van der Waals surface area contributed by atoms with Crippen molar-refractivity contribution < 1.29 is 23.7 Å². The molecule has 0 aliphatic carbocycles. The predicted octanol–water partition coefficient (Wildman–Crippen LogP) is 0.187. The molecule has 0 aliphatic heterocycles. The van der Waals surface area contributed by atoms with Crippen molar-refractivity contribution in [3.05, 3.63) is 0 Å². The highest BCUT2D eigenvalue weighted by Gasteiger charge is 1.94. The molecule has 0 aromatic rings. The highest BCUT2D eigenvalue weighted by Crippen LogP contribution is 1.83. The minimum Gasteiger partial charge on any atom is -0.378 e. The Morgan fingerprint density at radius 3 is 1.59 bits per heavy atom. The van der Waals surface area contributed by atoms with E-state index in [0.29, 0.717) is 65.4 Å². The molecule has 22 heavy (non-hydrogen) atoms. The second kappa shape index (κ2) is 16.6. The van der Waals surface area contributed by atoms with Gasteiger partial charge in [0.2, 0.25) is 5.91 Å². The number of carbonyl (C=O) groups is 1. The summed E-state index contributed by atoms with van der Waals surface area (Å²) in [5.41, 5.74) is 0. The highest BCUT2D eigenvalue weighted by molar-refractivity contribution is 5.72. The first-order chi connectivity index (χ1) is 10.6. The molecule has 0 saturated heterocycles. The largest absolute Gasteiger partial charge is 0.378 e. The van der Waals surface area contributed by atoms with Crippen molar-refractivity contribution in [2.24, 2.45) is 0 Å². The van der Waals surface area contributed by atoms with Crippen LogP contribution in [0.4, 0.5) is 0 Å². The van der Waals surface area contributed by atoms with E-state index in [4.69, 9.17) is 18.9 Å². The quantitative estimate of drug-likeness (QED) is 0.395. The van der Waals surface area contributed by atoms with E-state index < -0.39 is 0 Å². The minimum absolute atomic E-state index is 0.0443. The maximum absolute atomic E-state index is 10.6. The van der Waals surface area contributed by atoms with Gasteiger partial charge in [0.15, 0.2) is 0 Å². The lowest BCUT2D eigenvalue weighted by Gasteiger charge is -2.09. The van der Waals surface area contributed by atoms with Crippen molar-refractivity contribution in [1.29, 1.82) is 0 Å². The summed E-state index contributed by atoms with van der Waals surface area (Å²) in [6, 6.07) is 0.492. The molecule has 132 valence electrons. The molecule has 2 N–H and O–H groups in total. The van der Waals surface area contributed by atoms with Gasteiger partial charge in [0, 0.05) is 26.1 Å². The van der Waals surface area contributed by atoms with Crippen LogP contribution in [-0.2, 0) is 23.7 Å². The molecule has 0 aliphatic rings. The van der Waals surface area contributed by atoms with Crippen molar-refractivity contribution >= 4 is 5.91 Å². The first-order valence-corrected chi connectivity index (χ1v) is 7.91. The SMILES string of the molecule is CC(=O)NCCOCCOCCOCCOCCNC(C)C. The van der Waals surface area contributed by atoms with Gasteiger partial charge in [-0.15, -0.1) is 0 Å². The summed E-state index contributed by atoms with van der Waals surface area (Å²) in [4.78, 5) is 10.6. The van der Waals surface area contributed by atoms with Crippen LogP contribution in [0.25, 0.3) is 0 Å². The summed E-state index contributed by atoms with van der Waals surface area (Å²) in [5, 5.41) is 5.93. The van der Waals surface area contributed by atoms with E-state index in [-0.39, 0.29) is 5.91 Å². The lowest BCUT2D eigenvalue weighted by Crippen LogP contribution is -2.27. The normalized spacial score (nSPS) is 11.1. The van der Waals surface area contributed by atoms with E-state index >= 15 is 0 Å². The summed E-state index contributed by atoms with van der Waals surface area (Å²) in [6.07, 6.45) is 0. The third-order valence-electron chi connectivity index (χ3n) is 2.54. The number of carbonyl (C=O) groups excluding carboxylic acids is 1. The first kappa shape index (κ1) is 21.3. The van der Waals surface area contributed by atoms with Gasteiger partial charge in [-0.05, 0) is 0 Å². The van der Waals surface area contributed by atoms with E-state index in [9.17, 15) is 4.79 Å². The molecule has 0 aromatic carbocycles. The molecule has 0 bridgehead atoms. The van der Waals surface area contributed by atoms with Crippen LogP contribution >= 0.6 is 0 Å². The third kappa shape index (κ3) is 19.3. The zero-order valence-electron chi connectivity index (χ0n) is 14.2. The van der Waals surface area contributed by atoms with Crippen LogP contribution in [-0.4, -0.2) is 77.9 Å². The first-order valence-electron chi connectivity index (χ1n) is 7.91. The van der Waals surface area contributed by atoms with Gasteiger partial charge in [0.05, 0.1) is 52.9 Å². The monoisotopic (exact) mass is 320 g/mol. The van der Waals surface area contributed by atoms with E-state index in [2.05, 4.69) is 24.5 Å². The fourth-order valence-electron chi connectivity index (χ4n) is 1.48. The van der Waals surface area contributed by atoms with Gasteiger partial charge in [-0.25, -0.2) is 0 Å². The smallest absolute Gasteiger partial charge is 0.216 e. The Labute approximate surface area is 134 Å². The van der Waals surface area contributed by atoms with Gasteiger partial charge >= 0.3 is 0 Å². The van der Waals surface area contributed by atoms with Crippen molar-refractivity contribution in [3.63, 3.8) is 0 Å². The van der Waals surface area contributed by atoms with E-state index in [0.717, 1.165) is 6.54 Å². The van der Waals surface area contributed by atoms with Crippen molar-refractivity contribution in [3.8, 4) is 0 Å². The van der Waals surface area contributed by atoms with Crippen LogP contribution in [0.3, 0.4) is 0 Å². The molecule has 0 radical (unpaired) electrons. The second-order valence-corrected chi connectivity index (χ2v) is 5.04. The lowest BCUT2D eigenvalue weighted by molar-refractivity contribution is -0.119. The summed E-state index contributed by atoms with van der Waals surface area (Å²) in [5.74, 6) is -0.0443. The Hall–Kier alpha value is -0.730. The zero-order chi connectivity index (χ0) is 16.5. The fourth-order valence-corrected chi connectivity index (χ4v) is 1.48. The van der Waals surface area contributed by atoms with E-state index in [1.165, 1.54) is 6.92 Å². The molecule has 0 heterocycles. The van der Waals surface area contributed by atoms with Gasteiger partial charge < -0.3 is 29.6 Å². The topological polar surface area (TPSA) is 78.1 Å². The standard InChI is InChI=1S/C15H32N2O5/c1-14(2)16-4-6-19-8-10-21-12-13-22-11-9-20-7-5-17-15(3)18/h14,16H,4-13H2,1-3H3,(H,17,18). The Morgan fingerprint density at radius 1 is 0.773 bits per heavy atom. The van der Waals surface area contributed by atoms with Crippen LogP contribution < -0.4 is 10.6 Å². The maximum Gasteiger partial charge on any atom is 0.216 e. The minimum atomic E-state index is -0.0443. The van der Waals surface area contributed by atoms with Gasteiger partial charge in [0.1, 0.15) is 0 Å². The summed E-state index contributed by atoms with van der Waals surface area (Å²) in [6.45, 7) is 11.6. The molecule has 0 rings (SSSR count). The molecule has 0 atom stereocenters. The Morgan fingerprint density at radius 2 is 1.18 bits per heavy atom. The van der Waals surface area contributed by atoms with Crippen molar-refractivity contribution in [2.45, 2.75) is 26.8 Å². The fraction of sp³-hybridized carbons (Fsp3) is 0.933. The zero-order valence-corrected chi connectivity index (χ0v) is 14.2. The number of nitrogens with one attached hydrogen (secondary N) is 2. The van der Waals surface area contributed by atoms with Crippen molar-refractivity contribution in [2.75, 3.05) is 65.9 Å². The molecule has 1 amide bonds. The van der Waals surface area contributed by atoms with Gasteiger partial charge in [-0.2, -0.15) is 0 Å². The third-order valence-corrected chi connectivity index (χ3v) is 2.54. The van der Waals surface area contributed by atoms with Crippen LogP contribution in [0.1, 0.15) is 20.8 Å². The molecule has 0 spiro atoms. The van der Waals surface area contributed by atoms with Crippen LogP contribution in [0.15, 0.2) is 0 Å². The molecule has 0 fully saturated rings. The average molecular weight is 320 g/mol. The Kier molecular flexibility index (Phi) is 16.1. The number of ether oxygens (including phenoxy) is 4. The molecule has 0 saturated carbocycles. The van der Waals surface area contributed by atoms with Crippen molar-refractivity contribution in [1.82, 2.24) is 10.6 Å². The number of hydrogen-bond acceptors (Lipinski definition) is 6. The summed E-state index contributed by atoms with van der Waals surface area (Å²) in [7, 11) is 0. The predicted molar refractivity (Wildman–Crippen MR) is 85.1 cm³/mol. The average Bonchev–Trinajstić information content (AvgIpc) is 2.46. The second-order valence-electron chi connectivity index (χ2n) is 5.04. The molecule has 7 nitrogen and oxygen atoms in total.